The Labute approximate surface area is 210 Å². The second-order valence-electron chi connectivity index (χ2n) is 8.97. The van der Waals surface area contributed by atoms with E-state index in [1.165, 1.54) is 6.07 Å². The predicted molar refractivity (Wildman–Crippen MR) is 142 cm³/mol. The van der Waals surface area contributed by atoms with E-state index >= 15 is 0 Å². The van der Waals surface area contributed by atoms with Gasteiger partial charge in [-0.1, -0.05) is 44.4 Å². The van der Waals surface area contributed by atoms with E-state index in [-0.39, 0.29) is 0 Å². The van der Waals surface area contributed by atoms with Crippen LogP contribution in [0, 0.1) is 0 Å². The summed E-state index contributed by atoms with van der Waals surface area (Å²) in [5.41, 5.74) is 4.16. The first-order valence-electron chi connectivity index (χ1n) is 12.1. The molecule has 1 aliphatic heterocycles. The van der Waals surface area contributed by atoms with Gasteiger partial charge < -0.3 is 15.1 Å². The van der Waals surface area contributed by atoms with Crippen LogP contribution in [0.2, 0.25) is 0 Å². The summed E-state index contributed by atoms with van der Waals surface area (Å²) >= 11 is 0. The SMILES string of the molecule is C=C(CC)C1=CCC=CC(NC(=C)N2CCCN(C)c3ccc(-c4cccc(C(F)(F)F)c4)nc32)=C1. The summed E-state index contributed by atoms with van der Waals surface area (Å²) < 4.78 is 39.9. The quantitative estimate of drug-likeness (QED) is 0.462. The second-order valence-corrected chi connectivity index (χ2v) is 8.97. The lowest BCUT2D eigenvalue weighted by Gasteiger charge is -2.28. The Morgan fingerprint density at radius 2 is 1.94 bits per heavy atom. The molecule has 0 spiro atoms. The van der Waals surface area contributed by atoms with Gasteiger partial charge >= 0.3 is 6.18 Å². The number of fused-ring (bicyclic) bond motifs is 1. The van der Waals surface area contributed by atoms with Gasteiger partial charge in [0.05, 0.1) is 16.9 Å². The zero-order chi connectivity index (χ0) is 25.9. The van der Waals surface area contributed by atoms with Crippen LogP contribution in [0.5, 0.6) is 0 Å². The van der Waals surface area contributed by atoms with Crippen LogP contribution in [0.3, 0.4) is 0 Å². The molecule has 4 rings (SSSR count). The molecule has 0 bridgehead atoms. The molecule has 0 radical (unpaired) electrons. The average Bonchev–Trinajstić information content (AvgIpc) is 3.19. The highest BCUT2D eigenvalue weighted by Gasteiger charge is 2.31. The van der Waals surface area contributed by atoms with Crippen LogP contribution in [0.25, 0.3) is 11.3 Å². The number of aromatic nitrogens is 1. The van der Waals surface area contributed by atoms with Crippen molar-refractivity contribution in [2.45, 2.75) is 32.4 Å². The van der Waals surface area contributed by atoms with Gasteiger partial charge in [0.25, 0.3) is 0 Å². The second kappa shape index (κ2) is 10.5. The normalized spacial score (nSPS) is 15.9. The third kappa shape index (κ3) is 5.56. The molecule has 0 saturated heterocycles. The highest BCUT2D eigenvalue weighted by Crippen LogP contribution is 2.36. The molecule has 36 heavy (non-hydrogen) atoms. The Hall–Kier alpha value is -3.74. The number of alkyl halides is 3. The monoisotopic (exact) mass is 492 g/mol. The predicted octanol–water partition coefficient (Wildman–Crippen LogP) is 7.21. The molecular formula is C29H31F3N4. The highest BCUT2D eigenvalue weighted by atomic mass is 19.4. The van der Waals surface area contributed by atoms with Crippen LogP contribution in [0.4, 0.5) is 24.7 Å². The maximum atomic E-state index is 13.3. The largest absolute Gasteiger partial charge is 0.416 e. The lowest BCUT2D eigenvalue weighted by molar-refractivity contribution is -0.137. The van der Waals surface area contributed by atoms with E-state index in [2.05, 4.69) is 48.5 Å². The highest BCUT2D eigenvalue weighted by molar-refractivity contribution is 5.75. The fourth-order valence-corrected chi connectivity index (χ4v) is 4.34. The summed E-state index contributed by atoms with van der Waals surface area (Å²) in [4.78, 5) is 8.96. The zero-order valence-corrected chi connectivity index (χ0v) is 20.7. The van der Waals surface area contributed by atoms with Gasteiger partial charge in [-0.2, -0.15) is 13.2 Å². The molecule has 1 aromatic heterocycles. The Morgan fingerprint density at radius 1 is 1.14 bits per heavy atom. The third-order valence-corrected chi connectivity index (χ3v) is 6.41. The molecule has 0 unspecified atom stereocenters. The van der Waals surface area contributed by atoms with E-state index in [0.717, 1.165) is 60.5 Å². The van der Waals surface area contributed by atoms with E-state index in [4.69, 9.17) is 4.98 Å². The van der Waals surface area contributed by atoms with Crippen molar-refractivity contribution in [2.24, 2.45) is 0 Å². The van der Waals surface area contributed by atoms with E-state index in [1.54, 1.807) is 12.1 Å². The van der Waals surface area contributed by atoms with E-state index in [0.29, 0.717) is 29.4 Å². The van der Waals surface area contributed by atoms with Crippen LogP contribution in [-0.4, -0.2) is 25.1 Å². The summed E-state index contributed by atoms with van der Waals surface area (Å²) in [5, 5.41) is 3.43. The minimum atomic E-state index is -4.41. The van der Waals surface area contributed by atoms with Crippen molar-refractivity contribution in [3.63, 3.8) is 0 Å². The van der Waals surface area contributed by atoms with Gasteiger partial charge in [-0.15, -0.1) is 0 Å². The molecule has 1 aliphatic carbocycles. The smallest absolute Gasteiger partial charge is 0.372 e. The lowest BCUT2D eigenvalue weighted by atomic mass is 10.0. The van der Waals surface area contributed by atoms with Gasteiger partial charge in [0, 0.05) is 31.4 Å². The minimum absolute atomic E-state index is 0.417. The Bertz CT molecular complexity index is 1250. The standard InChI is InChI=1S/C29H31F3N4/c1-5-20(2)22-10-6-7-13-25(19-22)33-21(3)36-17-9-16-35(4)27-15-14-26(34-28(27)36)23-11-8-12-24(18-23)29(30,31)32/h7-8,10-15,18-19,33H,2-3,5-6,9,16-17H2,1,4H3. The molecule has 2 heterocycles. The van der Waals surface area contributed by atoms with E-state index < -0.39 is 11.7 Å². The molecule has 0 fully saturated rings. The molecule has 0 saturated carbocycles. The Kier molecular flexibility index (Phi) is 7.38. The number of pyridine rings is 1. The topological polar surface area (TPSA) is 31.4 Å². The van der Waals surface area contributed by atoms with Crippen molar-refractivity contribution in [1.29, 1.82) is 0 Å². The van der Waals surface area contributed by atoms with E-state index in [9.17, 15) is 13.2 Å². The van der Waals surface area contributed by atoms with Crippen molar-refractivity contribution >= 4 is 11.5 Å². The summed E-state index contributed by atoms with van der Waals surface area (Å²) in [7, 11) is 1.99. The minimum Gasteiger partial charge on any atom is -0.372 e. The molecule has 7 heteroatoms. The van der Waals surface area contributed by atoms with Crippen LogP contribution >= 0.6 is 0 Å². The summed E-state index contributed by atoms with van der Waals surface area (Å²) in [6.07, 6.45) is 6.47. The zero-order valence-electron chi connectivity index (χ0n) is 20.7. The van der Waals surface area contributed by atoms with Crippen molar-refractivity contribution in [1.82, 2.24) is 10.3 Å². The Morgan fingerprint density at radius 3 is 2.69 bits per heavy atom. The van der Waals surface area contributed by atoms with Gasteiger partial charge in [-0.05, 0) is 66.8 Å². The average molecular weight is 493 g/mol. The van der Waals surface area contributed by atoms with Crippen LogP contribution < -0.4 is 15.1 Å². The summed E-state index contributed by atoms with van der Waals surface area (Å²) in [6, 6.07) is 8.97. The van der Waals surface area contributed by atoms with Gasteiger partial charge in [0.1, 0.15) is 5.82 Å². The molecule has 4 nitrogen and oxygen atoms in total. The number of nitrogens with one attached hydrogen (secondary N) is 1. The fraction of sp³-hybridized carbons (Fsp3) is 0.276. The number of halogens is 3. The number of rotatable bonds is 6. The van der Waals surface area contributed by atoms with Crippen LogP contribution in [0.1, 0.15) is 31.7 Å². The lowest BCUT2D eigenvalue weighted by Crippen LogP contribution is -2.31. The van der Waals surface area contributed by atoms with E-state index in [1.807, 2.05) is 24.1 Å². The maximum absolute atomic E-state index is 13.3. The molecule has 0 atom stereocenters. The van der Waals surface area contributed by atoms with Gasteiger partial charge in [-0.3, -0.25) is 0 Å². The van der Waals surface area contributed by atoms with Crippen molar-refractivity contribution in [2.75, 3.05) is 29.9 Å². The third-order valence-electron chi connectivity index (χ3n) is 6.41. The maximum Gasteiger partial charge on any atom is 0.416 e. The fourth-order valence-electron chi connectivity index (χ4n) is 4.34. The molecule has 1 N–H and O–H groups in total. The van der Waals surface area contributed by atoms with Gasteiger partial charge in [-0.25, -0.2) is 4.98 Å². The summed E-state index contributed by atoms with van der Waals surface area (Å²) in [5.74, 6) is 1.31. The van der Waals surface area contributed by atoms with Crippen LogP contribution in [-0.2, 0) is 6.18 Å². The number of benzene rings is 1. The van der Waals surface area contributed by atoms with Crippen molar-refractivity contribution in [3.8, 4) is 11.3 Å². The number of hydrogen-bond donors (Lipinski definition) is 1. The van der Waals surface area contributed by atoms with Crippen molar-refractivity contribution in [3.05, 3.63) is 102 Å². The first kappa shape index (κ1) is 25.4. The number of allylic oxidation sites excluding steroid dienone is 6. The number of nitrogens with zero attached hydrogens (tertiary/aromatic N) is 3. The van der Waals surface area contributed by atoms with Crippen LogP contribution in [0.15, 0.2) is 96.5 Å². The molecule has 1 aromatic carbocycles. The number of anilines is 2. The van der Waals surface area contributed by atoms with Gasteiger partial charge in [0.2, 0.25) is 0 Å². The first-order chi connectivity index (χ1) is 17.2. The van der Waals surface area contributed by atoms with Gasteiger partial charge in [0.15, 0.2) is 5.82 Å². The number of hydrogen-bond acceptors (Lipinski definition) is 4. The molecule has 2 aliphatic rings. The first-order valence-corrected chi connectivity index (χ1v) is 12.1. The molecule has 188 valence electrons. The van der Waals surface area contributed by atoms with Crippen molar-refractivity contribution < 1.29 is 13.2 Å². The summed E-state index contributed by atoms with van der Waals surface area (Å²) in [6.45, 7) is 12.0. The molecular weight excluding hydrogens is 461 g/mol. The Balaban J connectivity index is 1.68. The molecule has 2 aromatic rings. The molecule has 0 amide bonds.